The van der Waals surface area contributed by atoms with Crippen LogP contribution in [0.5, 0.6) is 5.75 Å². The molecule has 1 aliphatic carbocycles. The van der Waals surface area contributed by atoms with Gasteiger partial charge in [0, 0.05) is 5.56 Å². The van der Waals surface area contributed by atoms with Crippen LogP contribution in [0.1, 0.15) is 42.4 Å². The van der Waals surface area contributed by atoms with E-state index in [1.165, 1.54) is 7.11 Å². The van der Waals surface area contributed by atoms with Crippen molar-refractivity contribution in [2.45, 2.75) is 51.3 Å². The van der Waals surface area contributed by atoms with Gasteiger partial charge in [0.2, 0.25) is 0 Å². The predicted molar refractivity (Wildman–Crippen MR) is 74.4 cm³/mol. The highest BCUT2D eigenvalue weighted by atomic mass is 19.4. The average molecular weight is 302 g/mol. The number of hydrogen-bond acceptors (Lipinski definition) is 2. The molecule has 2 atom stereocenters. The van der Waals surface area contributed by atoms with Crippen LogP contribution in [0.15, 0.2) is 12.1 Å². The average Bonchev–Trinajstić information content (AvgIpc) is 2.40. The molecule has 2 rings (SSSR count). The highest BCUT2D eigenvalue weighted by Crippen LogP contribution is 2.48. The van der Waals surface area contributed by atoms with Crippen LogP contribution in [-0.2, 0) is 5.60 Å². The van der Waals surface area contributed by atoms with Gasteiger partial charge >= 0.3 is 6.18 Å². The summed E-state index contributed by atoms with van der Waals surface area (Å²) in [6, 6.07) is 3.52. The number of rotatable bonds is 2. The molecule has 1 saturated carbocycles. The van der Waals surface area contributed by atoms with E-state index in [2.05, 4.69) is 0 Å². The third kappa shape index (κ3) is 3.03. The van der Waals surface area contributed by atoms with E-state index >= 15 is 0 Å². The molecule has 118 valence electrons. The van der Waals surface area contributed by atoms with Gasteiger partial charge in [-0.1, -0.05) is 12.1 Å². The van der Waals surface area contributed by atoms with Crippen LogP contribution in [0.25, 0.3) is 0 Å². The summed E-state index contributed by atoms with van der Waals surface area (Å²) >= 11 is 0. The van der Waals surface area contributed by atoms with Crippen molar-refractivity contribution >= 4 is 0 Å². The lowest BCUT2D eigenvalue weighted by atomic mass is 9.73. The fourth-order valence-corrected chi connectivity index (χ4v) is 3.20. The van der Waals surface area contributed by atoms with Gasteiger partial charge in [-0.15, -0.1) is 0 Å². The largest absolute Gasteiger partial charge is 0.496 e. The van der Waals surface area contributed by atoms with E-state index in [4.69, 9.17) is 4.74 Å². The zero-order valence-corrected chi connectivity index (χ0v) is 12.5. The SMILES string of the molecule is COc1c(C2(O)CCCC(C(F)(F)F)C2)ccc(C)c1C. The zero-order chi connectivity index (χ0) is 15.8. The number of alkyl halides is 3. The quantitative estimate of drug-likeness (QED) is 0.885. The molecule has 0 radical (unpaired) electrons. The maximum Gasteiger partial charge on any atom is 0.391 e. The summed E-state index contributed by atoms with van der Waals surface area (Å²) in [6.45, 7) is 3.76. The minimum atomic E-state index is -4.26. The van der Waals surface area contributed by atoms with Crippen molar-refractivity contribution in [3.05, 3.63) is 28.8 Å². The third-order valence-corrected chi connectivity index (χ3v) is 4.57. The first-order valence-electron chi connectivity index (χ1n) is 7.13. The Balaban J connectivity index is 2.42. The standard InChI is InChI=1S/C16H21F3O2/c1-10-6-7-13(14(21-3)11(10)2)15(20)8-4-5-12(9-15)16(17,18)19/h6-7,12,20H,4-5,8-9H2,1-3H3. The van der Waals surface area contributed by atoms with Crippen LogP contribution in [0, 0.1) is 19.8 Å². The molecule has 21 heavy (non-hydrogen) atoms. The molecule has 1 fully saturated rings. The van der Waals surface area contributed by atoms with E-state index in [1.807, 2.05) is 19.9 Å². The molecule has 2 unspecified atom stereocenters. The fourth-order valence-electron chi connectivity index (χ4n) is 3.20. The van der Waals surface area contributed by atoms with E-state index in [1.54, 1.807) is 6.07 Å². The summed E-state index contributed by atoms with van der Waals surface area (Å²) in [7, 11) is 1.48. The van der Waals surface area contributed by atoms with E-state index in [9.17, 15) is 18.3 Å². The minimum absolute atomic E-state index is 0.0823. The fraction of sp³-hybridized carbons (Fsp3) is 0.625. The lowest BCUT2D eigenvalue weighted by Crippen LogP contribution is -2.38. The number of methoxy groups -OCH3 is 1. The van der Waals surface area contributed by atoms with Gasteiger partial charge in [-0.25, -0.2) is 0 Å². The van der Waals surface area contributed by atoms with Crippen molar-refractivity contribution in [3.8, 4) is 5.75 Å². The molecule has 0 saturated heterocycles. The maximum absolute atomic E-state index is 13.0. The Morgan fingerprint density at radius 1 is 1.29 bits per heavy atom. The monoisotopic (exact) mass is 302 g/mol. The summed E-state index contributed by atoms with van der Waals surface area (Å²) in [5.41, 5.74) is 0.851. The molecule has 0 spiro atoms. The van der Waals surface area contributed by atoms with Crippen LogP contribution in [-0.4, -0.2) is 18.4 Å². The summed E-state index contributed by atoms with van der Waals surface area (Å²) in [5.74, 6) is -0.956. The lowest BCUT2D eigenvalue weighted by Gasteiger charge is -2.39. The highest BCUT2D eigenvalue weighted by Gasteiger charge is 2.48. The Labute approximate surface area is 122 Å². The van der Waals surface area contributed by atoms with Gasteiger partial charge < -0.3 is 9.84 Å². The van der Waals surface area contributed by atoms with Crippen LogP contribution >= 0.6 is 0 Å². The highest BCUT2D eigenvalue weighted by molar-refractivity contribution is 5.48. The number of aliphatic hydroxyl groups is 1. The molecule has 1 aliphatic rings. The van der Waals surface area contributed by atoms with Gasteiger partial charge in [0.15, 0.2) is 0 Å². The van der Waals surface area contributed by atoms with Crippen LogP contribution < -0.4 is 4.74 Å². The molecular formula is C16H21F3O2. The van der Waals surface area contributed by atoms with Gasteiger partial charge in [-0.2, -0.15) is 13.2 Å². The predicted octanol–water partition coefficient (Wildman–Crippen LogP) is 4.25. The molecule has 0 amide bonds. The molecule has 0 bridgehead atoms. The second-order valence-electron chi connectivity index (χ2n) is 5.95. The van der Waals surface area contributed by atoms with Crippen molar-refractivity contribution in [1.82, 2.24) is 0 Å². The first-order valence-corrected chi connectivity index (χ1v) is 7.13. The molecule has 1 aromatic rings. The summed E-state index contributed by atoms with van der Waals surface area (Å²) in [6.07, 6.45) is -3.79. The van der Waals surface area contributed by atoms with E-state index in [0.717, 1.165) is 11.1 Å². The molecule has 1 aromatic carbocycles. The van der Waals surface area contributed by atoms with Crippen molar-refractivity contribution in [1.29, 1.82) is 0 Å². The van der Waals surface area contributed by atoms with E-state index in [0.29, 0.717) is 24.2 Å². The first kappa shape index (κ1) is 16.1. The van der Waals surface area contributed by atoms with E-state index < -0.39 is 17.7 Å². The molecule has 1 N–H and O–H groups in total. The van der Waals surface area contributed by atoms with E-state index in [-0.39, 0.29) is 12.8 Å². The number of benzene rings is 1. The zero-order valence-electron chi connectivity index (χ0n) is 12.5. The van der Waals surface area contributed by atoms with Crippen LogP contribution in [0.3, 0.4) is 0 Å². The molecule has 2 nitrogen and oxygen atoms in total. The third-order valence-electron chi connectivity index (χ3n) is 4.57. The Bertz CT molecular complexity index is 525. The lowest BCUT2D eigenvalue weighted by molar-refractivity contribution is -0.202. The van der Waals surface area contributed by atoms with Gasteiger partial charge in [0.25, 0.3) is 0 Å². The van der Waals surface area contributed by atoms with Crippen LogP contribution in [0.2, 0.25) is 0 Å². The number of hydrogen-bond donors (Lipinski definition) is 1. The van der Waals surface area contributed by atoms with Gasteiger partial charge in [-0.05, 0) is 50.7 Å². The molecule has 0 heterocycles. The van der Waals surface area contributed by atoms with Crippen molar-refractivity contribution in [2.75, 3.05) is 7.11 Å². The first-order chi connectivity index (χ1) is 9.69. The summed E-state index contributed by atoms with van der Waals surface area (Å²) in [4.78, 5) is 0. The second-order valence-corrected chi connectivity index (χ2v) is 5.95. The Kier molecular flexibility index (Phi) is 4.24. The van der Waals surface area contributed by atoms with Crippen molar-refractivity contribution in [2.24, 2.45) is 5.92 Å². The number of halogens is 3. The topological polar surface area (TPSA) is 29.5 Å². The van der Waals surface area contributed by atoms with Gasteiger partial charge in [0.1, 0.15) is 5.75 Å². The van der Waals surface area contributed by atoms with Crippen molar-refractivity contribution in [3.63, 3.8) is 0 Å². The second kappa shape index (κ2) is 5.52. The summed E-state index contributed by atoms with van der Waals surface area (Å²) < 4.78 is 44.3. The summed E-state index contributed by atoms with van der Waals surface area (Å²) in [5, 5.41) is 10.8. The molecule has 5 heteroatoms. The Morgan fingerprint density at radius 3 is 2.52 bits per heavy atom. The van der Waals surface area contributed by atoms with Gasteiger partial charge in [-0.3, -0.25) is 0 Å². The number of aryl methyl sites for hydroxylation is 1. The van der Waals surface area contributed by atoms with Crippen LogP contribution in [0.4, 0.5) is 13.2 Å². The minimum Gasteiger partial charge on any atom is -0.496 e. The normalized spacial score (nSPS) is 26.7. The van der Waals surface area contributed by atoms with Crippen molar-refractivity contribution < 1.29 is 23.0 Å². The Morgan fingerprint density at radius 2 is 1.95 bits per heavy atom. The number of ether oxygens (including phenoxy) is 1. The maximum atomic E-state index is 13.0. The molecule has 0 aromatic heterocycles. The van der Waals surface area contributed by atoms with Gasteiger partial charge in [0.05, 0.1) is 18.6 Å². The Hall–Kier alpha value is -1.23. The smallest absolute Gasteiger partial charge is 0.391 e. The molecule has 0 aliphatic heterocycles. The molecular weight excluding hydrogens is 281 g/mol.